The Bertz CT molecular complexity index is 267. The Morgan fingerprint density at radius 2 is 2.29 bits per heavy atom. The van der Waals surface area contributed by atoms with E-state index in [0.29, 0.717) is 19.0 Å². The van der Waals surface area contributed by atoms with Crippen molar-refractivity contribution in [3.63, 3.8) is 0 Å². The van der Waals surface area contributed by atoms with Gasteiger partial charge in [-0.3, -0.25) is 4.79 Å². The van der Waals surface area contributed by atoms with Gasteiger partial charge in [-0.15, -0.1) is 6.58 Å². The number of amides is 1. The van der Waals surface area contributed by atoms with Crippen LogP contribution in [0.25, 0.3) is 0 Å². The third kappa shape index (κ3) is 4.72. The van der Waals surface area contributed by atoms with E-state index >= 15 is 0 Å². The summed E-state index contributed by atoms with van der Waals surface area (Å²) >= 11 is 1.92. The lowest BCUT2D eigenvalue weighted by atomic mass is 10.0. The van der Waals surface area contributed by atoms with Gasteiger partial charge in [0.25, 0.3) is 0 Å². The first-order valence-corrected chi connectivity index (χ1v) is 7.33. The van der Waals surface area contributed by atoms with Crippen LogP contribution in [0.4, 0.5) is 0 Å². The molecule has 0 aliphatic carbocycles. The molecule has 17 heavy (non-hydrogen) atoms. The SMILES string of the molecule is C=CCN(C(=O)CC1CSCCN1)C(C)(C)C. The zero-order chi connectivity index (χ0) is 12.9. The van der Waals surface area contributed by atoms with E-state index in [1.807, 2.05) is 16.7 Å². The molecule has 1 unspecified atom stereocenters. The van der Waals surface area contributed by atoms with E-state index < -0.39 is 0 Å². The fourth-order valence-corrected chi connectivity index (χ4v) is 2.90. The predicted octanol–water partition coefficient (Wildman–Crippen LogP) is 1.89. The van der Waals surface area contributed by atoms with Crippen LogP contribution in [-0.4, -0.2) is 47.0 Å². The van der Waals surface area contributed by atoms with Crippen LogP contribution in [0.2, 0.25) is 0 Å². The second-order valence-electron chi connectivity index (χ2n) is 5.39. The molecule has 1 saturated heterocycles. The van der Waals surface area contributed by atoms with Gasteiger partial charge >= 0.3 is 0 Å². The third-order valence-electron chi connectivity index (χ3n) is 2.84. The average molecular weight is 256 g/mol. The van der Waals surface area contributed by atoms with Gasteiger partial charge in [0.2, 0.25) is 5.91 Å². The van der Waals surface area contributed by atoms with Crippen LogP contribution in [-0.2, 0) is 4.79 Å². The van der Waals surface area contributed by atoms with Crippen molar-refractivity contribution in [1.82, 2.24) is 10.2 Å². The van der Waals surface area contributed by atoms with E-state index in [9.17, 15) is 4.79 Å². The van der Waals surface area contributed by atoms with Crippen LogP contribution < -0.4 is 5.32 Å². The molecule has 0 aromatic heterocycles. The second kappa shape index (κ2) is 6.45. The lowest BCUT2D eigenvalue weighted by molar-refractivity contribution is -0.135. The summed E-state index contributed by atoms with van der Waals surface area (Å²) < 4.78 is 0. The normalized spacial score (nSPS) is 21.0. The Morgan fingerprint density at radius 3 is 2.76 bits per heavy atom. The summed E-state index contributed by atoms with van der Waals surface area (Å²) in [6, 6.07) is 0.330. The summed E-state index contributed by atoms with van der Waals surface area (Å²) in [7, 11) is 0. The highest BCUT2D eigenvalue weighted by atomic mass is 32.2. The number of nitrogens with one attached hydrogen (secondary N) is 1. The van der Waals surface area contributed by atoms with Gasteiger partial charge in [0, 0.05) is 42.6 Å². The number of hydrogen-bond acceptors (Lipinski definition) is 3. The van der Waals surface area contributed by atoms with E-state index in [1.165, 1.54) is 0 Å². The van der Waals surface area contributed by atoms with Gasteiger partial charge in [0.1, 0.15) is 0 Å². The van der Waals surface area contributed by atoms with Crippen LogP contribution >= 0.6 is 11.8 Å². The molecule has 1 atom stereocenters. The lowest BCUT2D eigenvalue weighted by Crippen LogP contribution is -2.49. The molecule has 1 heterocycles. The summed E-state index contributed by atoms with van der Waals surface area (Å²) in [5.74, 6) is 2.41. The average Bonchev–Trinajstić information content (AvgIpc) is 2.25. The molecular formula is C13H24N2OS. The molecule has 1 fully saturated rings. The van der Waals surface area contributed by atoms with Gasteiger partial charge in [0.05, 0.1) is 0 Å². The molecule has 0 saturated carbocycles. The van der Waals surface area contributed by atoms with Crippen LogP contribution in [0.3, 0.4) is 0 Å². The van der Waals surface area contributed by atoms with Crippen molar-refractivity contribution in [2.24, 2.45) is 0 Å². The maximum Gasteiger partial charge on any atom is 0.224 e. The fourth-order valence-electron chi connectivity index (χ4n) is 1.95. The molecule has 0 spiro atoms. The van der Waals surface area contributed by atoms with Gasteiger partial charge in [0.15, 0.2) is 0 Å². The zero-order valence-electron chi connectivity index (χ0n) is 11.2. The van der Waals surface area contributed by atoms with E-state index in [1.54, 1.807) is 6.08 Å². The minimum atomic E-state index is -0.132. The van der Waals surface area contributed by atoms with Crippen molar-refractivity contribution in [1.29, 1.82) is 0 Å². The van der Waals surface area contributed by atoms with Crippen molar-refractivity contribution in [3.05, 3.63) is 12.7 Å². The number of carbonyl (C=O) groups is 1. The number of carbonyl (C=O) groups excluding carboxylic acids is 1. The van der Waals surface area contributed by atoms with E-state index in [2.05, 4.69) is 32.7 Å². The van der Waals surface area contributed by atoms with Crippen molar-refractivity contribution in [2.75, 3.05) is 24.6 Å². The van der Waals surface area contributed by atoms with Crippen molar-refractivity contribution >= 4 is 17.7 Å². The standard InChI is InChI=1S/C13H24N2OS/c1-5-7-15(13(2,3)4)12(16)9-11-10-17-8-6-14-11/h5,11,14H,1,6-10H2,2-4H3. The Kier molecular flexibility index (Phi) is 5.53. The van der Waals surface area contributed by atoms with E-state index in [0.717, 1.165) is 18.1 Å². The smallest absolute Gasteiger partial charge is 0.224 e. The molecule has 98 valence electrons. The maximum atomic E-state index is 12.3. The highest BCUT2D eigenvalue weighted by molar-refractivity contribution is 7.99. The molecule has 1 rings (SSSR count). The first-order chi connectivity index (χ1) is 7.95. The maximum absolute atomic E-state index is 12.3. The molecule has 0 aromatic carbocycles. The van der Waals surface area contributed by atoms with Crippen LogP contribution in [0.1, 0.15) is 27.2 Å². The highest BCUT2D eigenvalue weighted by Gasteiger charge is 2.27. The Balaban J connectivity index is 2.55. The van der Waals surface area contributed by atoms with Gasteiger partial charge in [-0.2, -0.15) is 11.8 Å². The molecule has 1 amide bonds. The molecule has 0 bridgehead atoms. The molecule has 1 aliphatic rings. The first-order valence-electron chi connectivity index (χ1n) is 6.17. The van der Waals surface area contributed by atoms with Gasteiger partial charge in [-0.1, -0.05) is 6.08 Å². The van der Waals surface area contributed by atoms with Crippen molar-refractivity contribution in [2.45, 2.75) is 38.8 Å². The highest BCUT2D eigenvalue weighted by Crippen LogP contribution is 2.17. The summed E-state index contributed by atoms with van der Waals surface area (Å²) in [5, 5.41) is 3.40. The largest absolute Gasteiger partial charge is 0.334 e. The third-order valence-corrected chi connectivity index (χ3v) is 3.97. The number of hydrogen-bond donors (Lipinski definition) is 1. The van der Waals surface area contributed by atoms with E-state index in [4.69, 9.17) is 0 Å². The minimum Gasteiger partial charge on any atom is -0.334 e. The molecule has 0 aromatic rings. The summed E-state index contributed by atoms with van der Waals surface area (Å²) in [4.78, 5) is 14.2. The molecule has 1 aliphatic heterocycles. The second-order valence-corrected chi connectivity index (χ2v) is 6.54. The Morgan fingerprint density at radius 1 is 1.59 bits per heavy atom. The Labute approximate surface area is 109 Å². The fraction of sp³-hybridized carbons (Fsp3) is 0.769. The number of rotatable bonds is 4. The quantitative estimate of drug-likeness (QED) is 0.780. The van der Waals surface area contributed by atoms with Crippen molar-refractivity contribution in [3.8, 4) is 0 Å². The minimum absolute atomic E-state index is 0.132. The van der Waals surface area contributed by atoms with E-state index in [-0.39, 0.29) is 11.4 Å². The first kappa shape index (κ1) is 14.6. The Hall–Kier alpha value is -0.480. The van der Waals surface area contributed by atoms with Gasteiger partial charge < -0.3 is 10.2 Å². The summed E-state index contributed by atoms with van der Waals surface area (Å²) in [6.07, 6.45) is 2.39. The molecular weight excluding hydrogens is 232 g/mol. The van der Waals surface area contributed by atoms with Crippen LogP contribution in [0.15, 0.2) is 12.7 Å². The lowest BCUT2D eigenvalue weighted by Gasteiger charge is -2.36. The molecule has 4 heteroatoms. The van der Waals surface area contributed by atoms with Crippen molar-refractivity contribution < 1.29 is 4.79 Å². The number of nitrogens with zero attached hydrogens (tertiary/aromatic N) is 1. The predicted molar refractivity (Wildman–Crippen MR) is 75.4 cm³/mol. The molecule has 3 nitrogen and oxygen atoms in total. The zero-order valence-corrected chi connectivity index (χ0v) is 12.0. The van der Waals surface area contributed by atoms with Crippen LogP contribution in [0, 0.1) is 0 Å². The molecule has 1 N–H and O–H groups in total. The number of thioether (sulfide) groups is 1. The molecule has 0 radical (unpaired) electrons. The monoisotopic (exact) mass is 256 g/mol. The summed E-state index contributed by atoms with van der Waals surface area (Å²) in [6.45, 7) is 11.6. The summed E-state index contributed by atoms with van der Waals surface area (Å²) in [5.41, 5.74) is -0.132. The van der Waals surface area contributed by atoms with Gasteiger partial charge in [-0.25, -0.2) is 0 Å². The topological polar surface area (TPSA) is 32.3 Å². The van der Waals surface area contributed by atoms with Crippen LogP contribution in [0.5, 0.6) is 0 Å². The van der Waals surface area contributed by atoms with Gasteiger partial charge in [-0.05, 0) is 20.8 Å².